The van der Waals surface area contributed by atoms with Crippen LogP contribution in [0.4, 0.5) is 4.79 Å². The number of nitrogens with two attached hydrogens (primary N) is 1. The van der Waals surface area contributed by atoms with E-state index in [1.165, 1.54) is 0 Å². The second-order valence-corrected chi connectivity index (χ2v) is 12.3. The third-order valence-electron chi connectivity index (χ3n) is 5.07. The zero-order valence-corrected chi connectivity index (χ0v) is 21.8. The summed E-state index contributed by atoms with van der Waals surface area (Å²) in [5.74, 6) is -0.971. The van der Waals surface area contributed by atoms with Gasteiger partial charge in [-0.3, -0.25) is 0 Å². The molecule has 0 radical (unpaired) electrons. The topological polar surface area (TPSA) is 196 Å². The Labute approximate surface area is 216 Å². The van der Waals surface area contributed by atoms with Crippen LogP contribution in [0.5, 0.6) is 0 Å². The largest absolute Gasteiger partial charge is 0.453 e. The standard InChI is InChI=1S/C21H22N6O7S3/c1-33-21(28)23-9-10-36(29,30)18(19-27-26-17(34-19)12-24-37(22,31)32)20-25-15-8-7-14(11-16(15)35-20)13-5-3-2-4-6-13/h2-8,11,18,24H,9-10,12H2,1H3,(H,23,28)(H2,22,31,32). The number of sulfone groups is 1. The fourth-order valence-corrected chi connectivity index (χ4v) is 6.64. The van der Waals surface area contributed by atoms with E-state index in [4.69, 9.17) is 9.56 Å². The van der Waals surface area contributed by atoms with E-state index in [-0.39, 0.29) is 23.3 Å². The molecule has 0 spiro atoms. The molecular weight excluding hydrogens is 544 g/mol. The molecule has 0 saturated carbocycles. The van der Waals surface area contributed by atoms with E-state index < -0.39 is 43.7 Å². The highest BCUT2D eigenvalue weighted by Gasteiger charge is 2.36. The molecule has 0 aliphatic heterocycles. The normalized spacial score (nSPS) is 12.9. The van der Waals surface area contributed by atoms with Crippen LogP contribution in [0.15, 0.2) is 52.9 Å². The summed E-state index contributed by atoms with van der Waals surface area (Å²) in [5.41, 5.74) is 2.49. The zero-order chi connectivity index (χ0) is 26.6. The summed E-state index contributed by atoms with van der Waals surface area (Å²) in [4.78, 5) is 15.9. The molecule has 1 unspecified atom stereocenters. The number of alkyl carbamates (subject to hydrolysis) is 1. The minimum atomic E-state index is -4.05. The highest BCUT2D eigenvalue weighted by molar-refractivity contribution is 7.92. The summed E-state index contributed by atoms with van der Waals surface area (Å²) in [6.07, 6.45) is -0.783. The number of methoxy groups -OCH3 is 1. The van der Waals surface area contributed by atoms with Gasteiger partial charge in [-0.25, -0.2) is 23.3 Å². The minimum absolute atomic E-state index is 0.174. The molecule has 0 bridgehead atoms. The molecule has 4 rings (SSSR count). The molecule has 0 aliphatic carbocycles. The summed E-state index contributed by atoms with van der Waals surface area (Å²) in [6, 6.07) is 15.2. The fourth-order valence-electron chi connectivity index (χ4n) is 3.37. The number of benzene rings is 2. The van der Waals surface area contributed by atoms with Crippen LogP contribution in [0, 0.1) is 0 Å². The predicted molar refractivity (Wildman–Crippen MR) is 135 cm³/mol. The first-order chi connectivity index (χ1) is 17.6. The molecule has 16 heteroatoms. The van der Waals surface area contributed by atoms with E-state index in [1.807, 2.05) is 47.2 Å². The number of nitrogens with zero attached hydrogens (tertiary/aromatic N) is 3. The van der Waals surface area contributed by atoms with Crippen molar-refractivity contribution in [3.05, 3.63) is 65.3 Å². The first kappa shape index (κ1) is 26.6. The van der Waals surface area contributed by atoms with E-state index in [1.54, 1.807) is 6.07 Å². The van der Waals surface area contributed by atoms with Crippen molar-refractivity contribution in [2.24, 2.45) is 5.14 Å². The van der Waals surface area contributed by atoms with Gasteiger partial charge in [0, 0.05) is 6.54 Å². The van der Waals surface area contributed by atoms with Crippen LogP contribution in [0.2, 0.25) is 0 Å². The maximum atomic E-state index is 13.4. The number of aromatic nitrogens is 3. The molecule has 4 N–H and O–H groups in total. The van der Waals surface area contributed by atoms with Gasteiger partial charge in [-0.05, 0) is 23.3 Å². The molecule has 1 atom stereocenters. The Kier molecular flexibility index (Phi) is 7.84. The second-order valence-electron chi connectivity index (χ2n) is 7.67. The second kappa shape index (κ2) is 10.9. The van der Waals surface area contributed by atoms with Gasteiger partial charge in [0.1, 0.15) is 5.01 Å². The van der Waals surface area contributed by atoms with E-state index in [0.29, 0.717) is 5.52 Å². The Morgan fingerprint density at radius 1 is 1.11 bits per heavy atom. The van der Waals surface area contributed by atoms with Crippen molar-refractivity contribution < 1.29 is 30.8 Å². The molecular formula is C21H22N6O7S3. The fraction of sp³-hybridized carbons (Fsp3) is 0.238. The van der Waals surface area contributed by atoms with Crippen molar-refractivity contribution in [1.29, 1.82) is 0 Å². The van der Waals surface area contributed by atoms with Crippen molar-refractivity contribution in [2.75, 3.05) is 19.4 Å². The van der Waals surface area contributed by atoms with Crippen molar-refractivity contribution in [1.82, 2.24) is 25.2 Å². The van der Waals surface area contributed by atoms with Crippen LogP contribution in [0.25, 0.3) is 21.3 Å². The first-order valence-electron chi connectivity index (χ1n) is 10.6. The summed E-state index contributed by atoms with van der Waals surface area (Å²) < 4.78 is 61.9. The van der Waals surface area contributed by atoms with Crippen LogP contribution in [0.1, 0.15) is 22.0 Å². The van der Waals surface area contributed by atoms with Crippen LogP contribution in [0.3, 0.4) is 0 Å². The Hall–Kier alpha value is -3.44. The highest BCUT2D eigenvalue weighted by Crippen LogP contribution is 2.37. The number of amides is 1. The van der Waals surface area contributed by atoms with E-state index in [2.05, 4.69) is 25.2 Å². The molecule has 1 amide bonds. The van der Waals surface area contributed by atoms with Crippen LogP contribution >= 0.6 is 11.3 Å². The molecule has 13 nitrogen and oxygen atoms in total. The van der Waals surface area contributed by atoms with Gasteiger partial charge in [0.05, 0.1) is 29.6 Å². The summed E-state index contributed by atoms with van der Waals surface area (Å²) in [5, 5.41) is 13.5. The monoisotopic (exact) mass is 566 g/mol. The van der Waals surface area contributed by atoms with Gasteiger partial charge in [0.15, 0.2) is 15.1 Å². The first-order valence-corrected chi connectivity index (χ1v) is 14.7. The van der Waals surface area contributed by atoms with Crippen LogP contribution in [-0.2, 0) is 31.3 Å². The van der Waals surface area contributed by atoms with Gasteiger partial charge in [0.25, 0.3) is 10.2 Å². The third-order valence-corrected chi connectivity index (χ3v) is 8.76. The molecule has 0 aliphatic rings. The maximum absolute atomic E-state index is 13.4. The highest BCUT2D eigenvalue weighted by atomic mass is 32.2. The number of hydrogen-bond acceptors (Lipinski definition) is 11. The molecule has 2 aromatic carbocycles. The number of hydrogen-bond donors (Lipinski definition) is 3. The van der Waals surface area contributed by atoms with Gasteiger partial charge in [-0.1, -0.05) is 36.4 Å². The average Bonchev–Trinajstić information content (AvgIpc) is 3.49. The Morgan fingerprint density at radius 2 is 1.86 bits per heavy atom. The zero-order valence-electron chi connectivity index (χ0n) is 19.3. The Balaban J connectivity index is 1.71. The maximum Gasteiger partial charge on any atom is 0.406 e. The summed E-state index contributed by atoms with van der Waals surface area (Å²) in [7, 11) is -6.93. The molecule has 37 heavy (non-hydrogen) atoms. The number of carbonyl (C=O) groups excluding carboxylic acids is 1. The number of ether oxygens (including phenoxy) is 1. The van der Waals surface area contributed by atoms with Gasteiger partial charge in [0.2, 0.25) is 11.8 Å². The van der Waals surface area contributed by atoms with Crippen LogP contribution in [-0.4, -0.2) is 57.5 Å². The number of carbonyl (C=O) groups is 1. The van der Waals surface area contributed by atoms with E-state index in [9.17, 15) is 21.6 Å². The van der Waals surface area contributed by atoms with Crippen LogP contribution < -0.4 is 15.2 Å². The molecule has 196 valence electrons. The van der Waals surface area contributed by atoms with E-state index >= 15 is 0 Å². The minimum Gasteiger partial charge on any atom is -0.453 e. The number of rotatable bonds is 10. The smallest absolute Gasteiger partial charge is 0.406 e. The van der Waals surface area contributed by atoms with Gasteiger partial charge < -0.3 is 14.5 Å². The molecule has 0 fully saturated rings. The lowest BCUT2D eigenvalue weighted by molar-refractivity contribution is 0.171. The molecule has 4 aromatic rings. The van der Waals surface area contributed by atoms with Crippen molar-refractivity contribution in [3.63, 3.8) is 0 Å². The molecule has 2 heterocycles. The Morgan fingerprint density at radius 3 is 2.57 bits per heavy atom. The van der Waals surface area contributed by atoms with Gasteiger partial charge in [-0.2, -0.15) is 13.1 Å². The summed E-state index contributed by atoms with van der Waals surface area (Å²) >= 11 is 1.15. The number of fused-ring (bicyclic) bond motifs is 1. The molecule has 2 aromatic heterocycles. The number of nitrogens with one attached hydrogen (secondary N) is 2. The van der Waals surface area contributed by atoms with Crippen molar-refractivity contribution in [2.45, 2.75) is 11.8 Å². The van der Waals surface area contributed by atoms with Gasteiger partial charge in [-0.15, -0.1) is 21.5 Å². The van der Waals surface area contributed by atoms with Crippen molar-refractivity contribution >= 4 is 47.7 Å². The molecule has 0 saturated heterocycles. The lowest BCUT2D eigenvalue weighted by Gasteiger charge is -2.12. The third kappa shape index (κ3) is 6.66. The lowest BCUT2D eigenvalue weighted by atomic mass is 10.1. The average molecular weight is 567 g/mol. The number of thiazole rings is 1. The van der Waals surface area contributed by atoms with Crippen molar-refractivity contribution in [3.8, 4) is 11.1 Å². The Bertz CT molecular complexity index is 1620. The predicted octanol–water partition coefficient (Wildman–Crippen LogP) is 1.50. The van der Waals surface area contributed by atoms with Gasteiger partial charge >= 0.3 is 6.09 Å². The summed E-state index contributed by atoms with van der Waals surface area (Å²) in [6.45, 7) is -0.661. The lowest BCUT2D eigenvalue weighted by Crippen LogP contribution is -2.31. The SMILES string of the molecule is COC(=O)NCCS(=O)(=O)C(c1nnc(CNS(N)(=O)=O)o1)c1nc2ccc(-c3ccccc3)cc2s1. The quantitative estimate of drug-likeness (QED) is 0.253. The van der Waals surface area contributed by atoms with E-state index in [0.717, 1.165) is 34.3 Å².